The molecule has 0 spiro atoms. The highest BCUT2D eigenvalue weighted by atomic mass is 16.5. The van der Waals surface area contributed by atoms with Crippen molar-refractivity contribution < 1.29 is 19.1 Å². The number of hydrogen-bond acceptors (Lipinski definition) is 4. The molecule has 0 bridgehead atoms. The van der Waals surface area contributed by atoms with Gasteiger partial charge in [-0.15, -0.1) is 0 Å². The molecule has 0 atom stereocenters. The highest BCUT2D eigenvalue weighted by Gasteiger charge is 2.09. The van der Waals surface area contributed by atoms with Crippen LogP contribution in [0, 0.1) is 5.92 Å². The number of carbonyl (C=O) groups excluding carboxylic acids is 2. The summed E-state index contributed by atoms with van der Waals surface area (Å²) >= 11 is 0. The maximum absolute atomic E-state index is 12.1. The Hall–Kier alpha value is -3.22. The van der Waals surface area contributed by atoms with Gasteiger partial charge in [-0.3, -0.25) is 4.79 Å². The number of ether oxygens (including phenoxy) is 2. The lowest BCUT2D eigenvalue weighted by atomic mass is 10.2. The topological polar surface area (TPSA) is 88.7 Å². The zero-order valence-electron chi connectivity index (χ0n) is 16.0. The Morgan fingerprint density at radius 1 is 0.926 bits per heavy atom. The van der Waals surface area contributed by atoms with Gasteiger partial charge in [0.05, 0.1) is 14.2 Å². The predicted molar refractivity (Wildman–Crippen MR) is 105 cm³/mol. The standard InChI is InChI=1S/C20H25N3O4/c1-13(2)19(24)22-15-6-5-7-16(11-15)23-20(25)21-12-14-8-9-17(26-3)18(10-14)27-4/h5-11,13H,12H2,1-4H3,(H,22,24)(H2,21,23,25). The molecule has 2 rings (SSSR count). The molecule has 0 radical (unpaired) electrons. The number of hydrogen-bond donors (Lipinski definition) is 3. The van der Waals surface area contributed by atoms with Crippen molar-refractivity contribution in [1.29, 1.82) is 0 Å². The van der Waals surface area contributed by atoms with Crippen LogP contribution in [0.1, 0.15) is 19.4 Å². The molecule has 0 saturated carbocycles. The van der Waals surface area contributed by atoms with Crippen molar-refractivity contribution in [2.45, 2.75) is 20.4 Å². The lowest BCUT2D eigenvalue weighted by Gasteiger charge is -2.12. The molecule has 27 heavy (non-hydrogen) atoms. The maximum Gasteiger partial charge on any atom is 0.319 e. The van der Waals surface area contributed by atoms with Gasteiger partial charge in [0.15, 0.2) is 11.5 Å². The summed E-state index contributed by atoms with van der Waals surface area (Å²) in [6, 6.07) is 12.1. The van der Waals surface area contributed by atoms with Gasteiger partial charge in [0, 0.05) is 23.8 Å². The average Bonchev–Trinajstić information content (AvgIpc) is 2.66. The molecule has 0 aliphatic carbocycles. The number of amides is 3. The van der Waals surface area contributed by atoms with Gasteiger partial charge in [-0.05, 0) is 35.9 Å². The summed E-state index contributed by atoms with van der Waals surface area (Å²) < 4.78 is 10.4. The van der Waals surface area contributed by atoms with Crippen LogP contribution in [0.2, 0.25) is 0 Å². The van der Waals surface area contributed by atoms with Crippen LogP contribution in [0.4, 0.5) is 16.2 Å². The second kappa shape index (κ2) is 9.47. The number of benzene rings is 2. The van der Waals surface area contributed by atoms with Crippen LogP contribution in [0.3, 0.4) is 0 Å². The Kier molecular flexibility index (Phi) is 7.05. The van der Waals surface area contributed by atoms with E-state index in [4.69, 9.17) is 9.47 Å². The predicted octanol–water partition coefficient (Wildman–Crippen LogP) is 3.62. The van der Waals surface area contributed by atoms with E-state index in [-0.39, 0.29) is 17.9 Å². The van der Waals surface area contributed by atoms with Crippen LogP contribution in [0.15, 0.2) is 42.5 Å². The van der Waals surface area contributed by atoms with Crippen LogP contribution < -0.4 is 25.4 Å². The molecule has 2 aromatic carbocycles. The third kappa shape index (κ3) is 5.91. The van der Waals surface area contributed by atoms with Gasteiger partial charge in [0.25, 0.3) is 0 Å². The first-order valence-electron chi connectivity index (χ1n) is 8.59. The number of nitrogens with one attached hydrogen (secondary N) is 3. The molecular weight excluding hydrogens is 346 g/mol. The normalized spacial score (nSPS) is 10.3. The summed E-state index contributed by atoms with van der Waals surface area (Å²) in [6.07, 6.45) is 0. The molecular formula is C20H25N3O4. The molecule has 0 heterocycles. The minimum absolute atomic E-state index is 0.0787. The molecule has 3 amide bonds. The summed E-state index contributed by atoms with van der Waals surface area (Å²) in [6.45, 7) is 3.97. The van der Waals surface area contributed by atoms with E-state index in [9.17, 15) is 9.59 Å². The van der Waals surface area contributed by atoms with Crippen LogP contribution in [0.25, 0.3) is 0 Å². The van der Waals surface area contributed by atoms with Crippen LogP contribution >= 0.6 is 0 Å². The van der Waals surface area contributed by atoms with Gasteiger partial charge in [-0.2, -0.15) is 0 Å². The number of methoxy groups -OCH3 is 2. The lowest BCUT2D eigenvalue weighted by Crippen LogP contribution is -2.28. The first-order valence-corrected chi connectivity index (χ1v) is 8.59. The lowest BCUT2D eigenvalue weighted by molar-refractivity contribution is -0.118. The summed E-state index contributed by atoms with van der Waals surface area (Å²) in [5.74, 6) is 1.04. The van der Waals surface area contributed by atoms with Crippen molar-refractivity contribution in [2.75, 3.05) is 24.9 Å². The third-order valence-electron chi connectivity index (χ3n) is 3.81. The smallest absolute Gasteiger partial charge is 0.319 e. The summed E-state index contributed by atoms with van der Waals surface area (Å²) in [4.78, 5) is 23.9. The average molecular weight is 371 g/mol. The first kappa shape index (κ1) is 20.1. The van der Waals surface area contributed by atoms with Gasteiger partial charge in [0.1, 0.15) is 0 Å². The first-order chi connectivity index (χ1) is 12.9. The molecule has 0 aliphatic rings. The SMILES string of the molecule is COc1ccc(CNC(=O)Nc2cccc(NC(=O)C(C)C)c2)cc1OC. The van der Waals surface area contributed by atoms with E-state index < -0.39 is 0 Å². The van der Waals surface area contributed by atoms with Gasteiger partial charge >= 0.3 is 6.03 Å². The fourth-order valence-electron chi connectivity index (χ4n) is 2.31. The van der Waals surface area contributed by atoms with Gasteiger partial charge in [0.2, 0.25) is 5.91 Å². The molecule has 7 nitrogen and oxygen atoms in total. The molecule has 144 valence electrons. The molecule has 0 saturated heterocycles. The Labute approximate surface area is 159 Å². The molecule has 0 aliphatic heterocycles. The summed E-state index contributed by atoms with van der Waals surface area (Å²) in [5, 5.41) is 8.33. The zero-order valence-corrected chi connectivity index (χ0v) is 16.0. The summed E-state index contributed by atoms with van der Waals surface area (Å²) in [7, 11) is 3.13. The highest BCUT2D eigenvalue weighted by Crippen LogP contribution is 2.27. The van der Waals surface area contributed by atoms with E-state index in [1.165, 1.54) is 0 Å². The Morgan fingerprint density at radius 3 is 2.22 bits per heavy atom. The molecule has 2 aromatic rings. The maximum atomic E-state index is 12.1. The van der Waals surface area contributed by atoms with Crippen molar-refractivity contribution in [1.82, 2.24) is 5.32 Å². The third-order valence-corrected chi connectivity index (χ3v) is 3.81. The van der Waals surface area contributed by atoms with Crippen LogP contribution in [-0.2, 0) is 11.3 Å². The van der Waals surface area contributed by atoms with E-state index in [2.05, 4.69) is 16.0 Å². The van der Waals surface area contributed by atoms with E-state index >= 15 is 0 Å². The van der Waals surface area contributed by atoms with E-state index in [1.54, 1.807) is 50.6 Å². The van der Waals surface area contributed by atoms with E-state index in [0.717, 1.165) is 5.56 Å². The fourth-order valence-corrected chi connectivity index (χ4v) is 2.31. The monoisotopic (exact) mass is 371 g/mol. The van der Waals surface area contributed by atoms with Gasteiger partial charge in [-0.1, -0.05) is 26.0 Å². The molecule has 7 heteroatoms. The number of anilines is 2. The number of rotatable bonds is 7. The molecule has 0 aromatic heterocycles. The van der Waals surface area contributed by atoms with E-state index in [0.29, 0.717) is 29.4 Å². The van der Waals surface area contributed by atoms with Crippen molar-refractivity contribution in [3.8, 4) is 11.5 Å². The Morgan fingerprint density at radius 2 is 1.59 bits per heavy atom. The molecule has 3 N–H and O–H groups in total. The largest absolute Gasteiger partial charge is 0.493 e. The highest BCUT2D eigenvalue weighted by molar-refractivity contribution is 5.94. The van der Waals surface area contributed by atoms with Crippen molar-refractivity contribution in [3.05, 3.63) is 48.0 Å². The van der Waals surface area contributed by atoms with E-state index in [1.807, 2.05) is 19.9 Å². The van der Waals surface area contributed by atoms with Crippen molar-refractivity contribution in [2.24, 2.45) is 5.92 Å². The number of carbonyl (C=O) groups is 2. The minimum atomic E-state index is -0.350. The van der Waals surface area contributed by atoms with Crippen molar-refractivity contribution >= 4 is 23.3 Å². The molecule has 0 unspecified atom stereocenters. The van der Waals surface area contributed by atoms with Crippen LogP contribution in [0.5, 0.6) is 11.5 Å². The second-order valence-electron chi connectivity index (χ2n) is 6.22. The zero-order chi connectivity index (χ0) is 19.8. The summed E-state index contributed by atoms with van der Waals surface area (Å²) in [5.41, 5.74) is 2.09. The Bertz CT molecular complexity index is 806. The number of urea groups is 1. The minimum Gasteiger partial charge on any atom is -0.493 e. The van der Waals surface area contributed by atoms with Crippen LogP contribution in [-0.4, -0.2) is 26.2 Å². The Balaban J connectivity index is 1.93. The van der Waals surface area contributed by atoms with Gasteiger partial charge < -0.3 is 25.4 Å². The second-order valence-corrected chi connectivity index (χ2v) is 6.22. The molecule has 0 fully saturated rings. The van der Waals surface area contributed by atoms with Crippen molar-refractivity contribution in [3.63, 3.8) is 0 Å². The fraction of sp³-hybridized carbons (Fsp3) is 0.300. The van der Waals surface area contributed by atoms with Gasteiger partial charge in [-0.25, -0.2) is 4.79 Å². The quantitative estimate of drug-likeness (QED) is 0.693.